The first kappa shape index (κ1) is 20.5. The Morgan fingerprint density at radius 1 is 1.07 bits per heavy atom. The molecule has 1 N–H and O–H groups in total. The molecule has 0 unspecified atom stereocenters. The first-order valence-corrected chi connectivity index (χ1v) is 9.07. The molecule has 1 heterocycles. The van der Waals surface area contributed by atoms with E-state index in [0.29, 0.717) is 34.9 Å². The normalized spacial score (nSPS) is 10.7. The zero-order valence-corrected chi connectivity index (χ0v) is 16.0. The average molecular weight is 406 g/mol. The maximum atomic E-state index is 12.1. The van der Waals surface area contributed by atoms with Crippen molar-refractivity contribution in [3.8, 4) is 11.3 Å². The molecule has 8 heteroatoms. The van der Waals surface area contributed by atoms with Crippen molar-refractivity contribution in [1.82, 2.24) is 0 Å². The Bertz CT molecular complexity index is 1080. The van der Waals surface area contributed by atoms with Crippen LogP contribution in [-0.2, 0) is 9.53 Å². The fraction of sp³-hybridized carbons (Fsp3) is 0.0909. The molecule has 0 aliphatic carbocycles. The molecule has 0 saturated carbocycles. The van der Waals surface area contributed by atoms with Crippen LogP contribution in [0, 0.1) is 10.1 Å². The smallest absolute Gasteiger partial charge is 0.338 e. The number of rotatable bonds is 7. The van der Waals surface area contributed by atoms with Gasteiger partial charge in [-0.05, 0) is 61.5 Å². The van der Waals surface area contributed by atoms with E-state index in [1.54, 1.807) is 55.5 Å². The van der Waals surface area contributed by atoms with Gasteiger partial charge in [0.15, 0.2) is 0 Å². The van der Waals surface area contributed by atoms with Crippen LogP contribution in [0.5, 0.6) is 0 Å². The van der Waals surface area contributed by atoms with E-state index in [9.17, 15) is 19.7 Å². The highest BCUT2D eigenvalue weighted by Crippen LogP contribution is 2.25. The predicted octanol–water partition coefficient (Wildman–Crippen LogP) is 4.68. The minimum atomic E-state index is -0.469. The van der Waals surface area contributed by atoms with Crippen LogP contribution >= 0.6 is 0 Å². The van der Waals surface area contributed by atoms with Gasteiger partial charge in [-0.3, -0.25) is 14.9 Å². The molecule has 0 saturated heterocycles. The molecule has 0 bridgehead atoms. The summed E-state index contributed by atoms with van der Waals surface area (Å²) in [4.78, 5) is 34.0. The van der Waals surface area contributed by atoms with Crippen LogP contribution in [0.4, 0.5) is 11.4 Å². The number of ether oxygens (including phenoxy) is 1. The number of nitro benzene ring substituents is 1. The van der Waals surface area contributed by atoms with Crippen molar-refractivity contribution in [2.75, 3.05) is 11.9 Å². The number of hydrogen-bond acceptors (Lipinski definition) is 6. The quantitative estimate of drug-likeness (QED) is 0.264. The lowest BCUT2D eigenvalue weighted by Crippen LogP contribution is -2.08. The van der Waals surface area contributed by atoms with Gasteiger partial charge in [0, 0.05) is 29.5 Å². The molecule has 2 aromatic carbocycles. The SMILES string of the molecule is CCOC(=O)c1ccc(NC(=O)/C=C\c2ccc(-c3ccc([N+](=O)[O-])cc3)o2)cc1. The van der Waals surface area contributed by atoms with E-state index in [-0.39, 0.29) is 11.6 Å². The summed E-state index contributed by atoms with van der Waals surface area (Å²) in [6, 6.07) is 15.7. The molecule has 3 rings (SSSR count). The Labute approximate surface area is 171 Å². The summed E-state index contributed by atoms with van der Waals surface area (Å²) in [5, 5.41) is 13.4. The number of hydrogen-bond donors (Lipinski definition) is 1. The van der Waals surface area contributed by atoms with Crippen LogP contribution in [0.1, 0.15) is 23.0 Å². The molecule has 152 valence electrons. The van der Waals surface area contributed by atoms with Crippen LogP contribution < -0.4 is 5.32 Å². The van der Waals surface area contributed by atoms with Gasteiger partial charge in [0.25, 0.3) is 5.69 Å². The van der Waals surface area contributed by atoms with E-state index in [0.717, 1.165) is 0 Å². The molecular weight excluding hydrogens is 388 g/mol. The summed E-state index contributed by atoms with van der Waals surface area (Å²) < 4.78 is 10.6. The number of nitro groups is 1. The van der Waals surface area contributed by atoms with Gasteiger partial charge in [0.2, 0.25) is 5.91 Å². The van der Waals surface area contributed by atoms with E-state index in [2.05, 4.69) is 5.32 Å². The summed E-state index contributed by atoms with van der Waals surface area (Å²) in [5.74, 6) is 0.194. The van der Waals surface area contributed by atoms with E-state index in [1.165, 1.54) is 24.3 Å². The number of furan rings is 1. The Morgan fingerprint density at radius 2 is 1.77 bits per heavy atom. The minimum Gasteiger partial charge on any atom is -0.462 e. The predicted molar refractivity (Wildman–Crippen MR) is 111 cm³/mol. The molecule has 3 aromatic rings. The van der Waals surface area contributed by atoms with Crippen LogP contribution in [0.3, 0.4) is 0 Å². The molecule has 0 atom stereocenters. The molecule has 8 nitrogen and oxygen atoms in total. The van der Waals surface area contributed by atoms with Gasteiger partial charge >= 0.3 is 5.97 Å². The Balaban J connectivity index is 1.60. The van der Waals surface area contributed by atoms with Gasteiger partial charge in [-0.25, -0.2) is 4.79 Å². The number of amides is 1. The lowest BCUT2D eigenvalue weighted by atomic mass is 10.1. The maximum absolute atomic E-state index is 12.1. The Morgan fingerprint density at radius 3 is 2.40 bits per heavy atom. The van der Waals surface area contributed by atoms with Crippen LogP contribution in [0.25, 0.3) is 17.4 Å². The van der Waals surface area contributed by atoms with E-state index < -0.39 is 10.9 Å². The highest BCUT2D eigenvalue weighted by atomic mass is 16.6. The fourth-order valence-electron chi connectivity index (χ4n) is 2.59. The third kappa shape index (κ3) is 5.20. The summed E-state index contributed by atoms with van der Waals surface area (Å²) in [6.45, 7) is 2.02. The third-order valence-electron chi connectivity index (χ3n) is 4.05. The number of benzene rings is 2. The maximum Gasteiger partial charge on any atom is 0.338 e. The average Bonchev–Trinajstić information content (AvgIpc) is 3.22. The van der Waals surface area contributed by atoms with Crippen molar-refractivity contribution >= 4 is 29.3 Å². The third-order valence-corrected chi connectivity index (χ3v) is 4.05. The highest BCUT2D eigenvalue weighted by Gasteiger charge is 2.09. The van der Waals surface area contributed by atoms with Crippen molar-refractivity contribution < 1.29 is 23.7 Å². The van der Waals surface area contributed by atoms with Gasteiger partial charge in [-0.1, -0.05) is 0 Å². The molecule has 0 aliphatic heterocycles. The van der Waals surface area contributed by atoms with E-state index >= 15 is 0 Å². The summed E-state index contributed by atoms with van der Waals surface area (Å²) in [6.07, 6.45) is 2.83. The monoisotopic (exact) mass is 406 g/mol. The zero-order chi connectivity index (χ0) is 21.5. The number of esters is 1. The molecule has 0 fully saturated rings. The molecule has 0 radical (unpaired) electrons. The van der Waals surface area contributed by atoms with Gasteiger partial charge < -0.3 is 14.5 Å². The van der Waals surface area contributed by atoms with E-state index in [4.69, 9.17) is 9.15 Å². The zero-order valence-electron chi connectivity index (χ0n) is 16.0. The lowest BCUT2D eigenvalue weighted by Gasteiger charge is -2.04. The minimum absolute atomic E-state index is 0.00242. The first-order valence-electron chi connectivity index (χ1n) is 9.07. The molecule has 0 spiro atoms. The van der Waals surface area contributed by atoms with Crippen LogP contribution in [-0.4, -0.2) is 23.4 Å². The van der Waals surface area contributed by atoms with Crippen LogP contribution in [0.15, 0.2) is 71.2 Å². The molecule has 30 heavy (non-hydrogen) atoms. The molecule has 0 aliphatic rings. The van der Waals surface area contributed by atoms with Gasteiger partial charge in [0.05, 0.1) is 17.1 Å². The van der Waals surface area contributed by atoms with Gasteiger partial charge in [-0.15, -0.1) is 0 Å². The fourth-order valence-corrected chi connectivity index (χ4v) is 2.59. The topological polar surface area (TPSA) is 112 Å². The van der Waals surface area contributed by atoms with Crippen molar-refractivity contribution in [1.29, 1.82) is 0 Å². The second-order valence-electron chi connectivity index (χ2n) is 6.13. The number of nitrogens with zero attached hydrogens (tertiary/aromatic N) is 1. The van der Waals surface area contributed by atoms with E-state index in [1.807, 2.05) is 0 Å². The molecular formula is C22H18N2O6. The lowest BCUT2D eigenvalue weighted by molar-refractivity contribution is -0.384. The van der Waals surface area contributed by atoms with Crippen LogP contribution in [0.2, 0.25) is 0 Å². The van der Waals surface area contributed by atoms with Gasteiger partial charge in [0.1, 0.15) is 11.5 Å². The Kier molecular flexibility index (Phi) is 6.39. The molecule has 1 aromatic heterocycles. The second-order valence-corrected chi connectivity index (χ2v) is 6.13. The Hall–Kier alpha value is -4.20. The van der Waals surface area contributed by atoms with Crippen molar-refractivity contribution in [3.63, 3.8) is 0 Å². The number of carbonyl (C=O) groups is 2. The number of non-ortho nitro benzene ring substituents is 1. The second kappa shape index (κ2) is 9.33. The van der Waals surface area contributed by atoms with Gasteiger partial charge in [-0.2, -0.15) is 0 Å². The molecule has 1 amide bonds. The van der Waals surface area contributed by atoms with Crippen molar-refractivity contribution in [2.45, 2.75) is 6.92 Å². The number of anilines is 1. The number of carbonyl (C=O) groups excluding carboxylic acids is 2. The summed E-state index contributed by atoms with van der Waals surface area (Å²) in [7, 11) is 0. The number of nitrogens with one attached hydrogen (secondary N) is 1. The van der Waals surface area contributed by atoms with Crippen molar-refractivity contribution in [2.24, 2.45) is 0 Å². The highest BCUT2D eigenvalue weighted by molar-refractivity contribution is 6.02. The summed E-state index contributed by atoms with van der Waals surface area (Å²) >= 11 is 0. The largest absolute Gasteiger partial charge is 0.462 e. The summed E-state index contributed by atoms with van der Waals surface area (Å²) in [5.41, 5.74) is 1.62. The first-order chi connectivity index (χ1) is 14.5. The van der Waals surface area contributed by atoms with Crippen molar-refractivity contribution in [3.05, 3.63) is 88.2 Å². The standard InChI is InChI=1S/C22H18N2O6/c1-2-29-22(26)16-3-7-17(8-4-16)23-21(25)14-12-19-11-13-20(30-19)15-5-9-18(10-6-15)24(27)28/h3-14H,2H2,1H3,(H,23,25)/b14-12-.